The number of nitrogens with zero attached hydrogens (tertiary/aromatic N) is 3. The second-order valence-electron chi connectivity index (χ2n) is 2.45. The van der Waals surface area contributed by atoms with Crippen molar-refractivity contribution in [2.45, 2.75) is 6.54 Å². The molecule has 1 aliphatic rings. The smallest absolute Gasteiger partial charge is 0.103 e. The van der Waals surface area contributed by atoms with Crippen molar-refractivity contribution in [1.29, 1.82) is 5.26 Å². The van der Waals surface area contributed by atoms with Gasteiger partial charge in [-0.15, -0.1) is 0 Å². The van der Waals surface area contributed by atoms with Gasteiger partial charge in [-0.05, 0) is 0 Å². The molecule has 0 saturated heterocycles. The monoisotopic (exact) mass is 158 g/mol. The predicted octanol–water partition coefficient (Wildman–Crippen LogP) is 0.907. The number of hydrogen-bond donors (Lipinski definition) is 1. The summed E-state index contributed by atoms with van der Waals surface area (Å²) in [6.45, 7) is 0.602. The van der Waals surface area contributed by atoms with Crippen molar-refractivity contribution >= 4 is 12.0 Å². The maximum absolute atomic E-state index is 8.72. The summed E-state index contributed by atoms with van der Waals surface area (Å²) in [5.41, 5.74) is 2.37. The molecule has 1 aromatic heterocycles. The van der Waals surface area contributed by atoms with Crippen LogP contribution in [0.3, 0.4) is 0 Å². The van der Waals surface area contributed by atoms with Gasteiger partial charge in [0, 0.05) is 18.0 Å². The quantitative estimate of drug-likeness (QED) is 0.610. The van der Waals surface area contributed by atoms with Crippen LogP contribution in [-0.2, 0) is 6.54 Å². The Morgan fingerprint density at radius 1 is 1.50 bits per heavy atom. The Hall–Kier alpha value is -1.89. The Balaban J connectivity index is 2.58. The molecule has 2 heterocycles. The van der Waals surface area contributed by atoms with Crippen LogP contribution >= 0.6 is 0 Å². The van der Waals surface area contributed by atoms with E-state index in [1.165, 1.54) is 0 Å². The molecule has 0 aromatic carbocycles. The highest BCUT2D eigenvalue weighted by Gasteiger charge is 2.09. The van der Waals surface area contributed by atoms with Crippen LogP contribution in [0.4, 0.5) is 5.69 Å². The molecule has 0 bridgehead atoms. The SMILES string of the molecule is N#Cc1cncc2c1NC=NC2. The van der Waals surface area contributed by atoms with E-state index in [4.69, 9.17) is 5.26 Å². The molecule has 58 valence electrons. The van der Waals surface area contributed by atoms with Gasteiger partial charge in [-0.1, -0.05) is 0 Å². The topological polar surface area (TPSA) is 61.1 Å². The maximum atomic E-state index is 8.72. The van der Waals surface area contributed by atoms with Crippen LogP contribution in [0.15, 0.2) is 17.4 Å². The lowest BCUT2D eigenvalue weighted by Crippen LogP contribution is -2.07. The number of anilines is 1. The zero-order chi connectivity index (χ0) is 8.39. The van der Waals surface area contributed by atoms with Crippen molar-refractivity contribution in [3.05, 3.63) is 23.5 Å². The molecule has 4 heteroatoms. The van der Waals surface area contributed by atoms with E-state index in [9.17, 15) is 0 Å². The molecule has 2 rings (SSSR count). The van der Waals surface area contributed by atoms with Gasteiger partial charge in [0.1, 0.15) is 6.07 Å². The first-order chi connectivity index (χ1) is 5.92. The maximum Gasteiger partial charge on any atom is 0.103 e. The third kappa shape index (κ3) is 0.920. The molecule has 4 nitrogen and oxygen atoms in total. The minimum Gasteiger partial charge on any atom is -0.345 e. The van der Waals surface area contributed by atoms with Crippen LogP contribution in [0.2, 0.25) is 0 Å². The van der Waals surface area contributed by atoms with E-state index >= 15 is 0 Å². The Kier molecular flexibility index (Phi) is 1.49. The van der Waals surface area contributed by atoms with Crippen molar-refractivity contribution in [3.63, 3.8) is 0 Å². The van der Waals surface area contributed by atoms with Gasteiger partial charge in [0.15, 0.2) is 0 Å². The van der Waals surface area contributed by atoms with E-state index in [1.807, 2.05) is 0 Å². The van der Waals surface area contributed by atoms with Crippen molar-refractivity contribution in [3.8, 4) is 6.07 Å². The third-order valence-corrected chi connectivity index (χ3v) is 1.71. The zero-order valence-electron chi connectivity index (χ0n) is 6.28. The van der Waals surface area contributed by atoms with E-state index in [-0.39, 0.29) is 0 Å². The molecular formula is C8H6N4. The lowest BCUT2D eigenvalue weighted by molar-refractivity contribution is 1.03. The van der Waals surface area contributed by atoms with Gasteiger partial charge in [0.2, 0.25) is 0 Å². The van der Waals surface area contributed by atoms with Crippen molar-refractivity contribution in [2.75, 3.05) is 5.32 Å². The third-order valence-electron chi connectivity index (χ3n) is 1.71. The lowest BCUT2D eigenvalue weighted by Gasteiger charge is -2.11. The fraction of sp³-hybridized carbons (Fsp3) is 0.125. The Morgan fingerprint density at radius 2 is 2.42 bits per heavy atom. The second-order valence-corrected chi connectivity index (χ2v) is 2.45. The van der Waals surface area contributed by atoms with Crippen LogP contribution in [-0.4, -0.2) is 11.3 Å². The minimum atomic E-state index is 0.568. The summed E-state index contributed by atoms with van der Waals surface area (Å²) in [6.07, 6.45) is 4.87. The summed E-state index contributed by atoms with van der Waals surface area (Å²) in [5.74, 6) is 0. The molecule has 0 radical (unpaired) electrons. The predicted molar refractivity (Wildman–Crippen MR) is 44.8 cm³/mol. The molecule has 12 heavy (non-hydrogen) atoms. The normalized spacial score (nSPS) is 12.9. The van der Waals surface area contributed by atoms with E-state index in [0.717, 1.165) is 11.3 Å². The molecular weight excluding hydrogens is 152 g/mol. The van der Waals surface area contributed by atoms with Crippen molar-refractivity contribution < 1.29 is 0 Å². The highest BCUT2D eigenvalue weighted by atomic mass is 15.0. The van der Waals surface area contributed by atoms with E-state index in [1.54, 1.807) is 18.7 Å². The summed E-state index contributed by atoms with van der Waals surface area (Å²) in [4.78, 5) is 7.94. The van der Waals surface area contributed by atoms with Gasteiger partial charge >= 0.3 is 0 Å². The Bertz CT molecular complexity index is 375. The highest BCUT2D eigenvalue weighted by Crippen LogP contribution is 2.21. The highest BCUT2D eigenvalue weighted by molar-refractivity contribution is 5.82. The van der Waals surface area contributed by atoms with Crippen LogP contribution < -0.4 is 5.32 Å². The first-order valence-corrected chi connectivity index (χ1v) is 3.53. The number of pyridine rings is 1. The van der Waals surface area contributed by atoms with Crippen LogP contribution in [0.25, 0.3) is 0 Å². The number of fused-ring (bicyclic) bond motifs is 1. The van der Waals surface area contributed by atoms with Gasteiger partial charge in [0.05, 0.1) is 24.1 Å². The fourth-order valence-corrected chi connectivity index (χ4v) is 1.13. The molecule has 0 aliphatic carbocycles. The summed E-state index contributed by atoms with van der Waals surface area (Å²) >= 11 is 0. The van der Waals surface area contributed by atoms with Gasteiger partial charge in [0.25, 0.3) is 0 Å². The first-order valence-electron chi connectivity index (χ1n) is 3.53. The summed E-state index contributed by atoms with van der Waals surface area (Å²) in [6, 6.07) is 2.07. The van der Waals surface area contributed by atoms with E-state index < -0.39 is 0 Å². The summed E-state index contributed by atoms with van der Waals surface area (Å²) in [7, 11) is 0. The fourth-order valence-electron chi connectivity index (χ4n) is 1.13. The number of aromatic nitrogens is 1. The molecule has 0 spiro atoms. The molecule has 0 amide bonds. The Labute approximate surface area is 69.6 Å². The van der Waals surface area contributed by atoms with Crippen LogP contribution in [0.5, 0.6) is 0 Å². The molecule has 0 saturated carbocycles. The second kappa shape index (κ2) is 2.62. The van der Waals surface area contributed by atoms with E-state index in [2.05, 4.69) is 21.4 Å². The Morgan fingerprint density at radius 3 is 3.25 bits per heavy atom. The van der Waals surface area contributed by atoms with Gasteiger partial charge in [-0.2, -0.15) is 5.26 Å². The molecule has 1 aliphatic heterocycles. The standard InChI is InChI=1S/C8H6N4/c9-1-6-2-10-3-7-4-11-5-12-8(6)7/h2-3,5H,4H2,(H,11,12). The van der Waals surface area contributed by atoms with E-state index in [0.29, 0.717) is 12.1 Å². The van der Waals surface area contributed by atoms with Gasteiger partial charge in [-0.25, -0.2) is 0 Å². The first kappa shape index (κ1) is 6.80. The summed E-state index contributed by atoms with van der Waals surface area (Å²) < 4.78 is 0. The zero-order valence-corrected chi connectivity index (χ0v) is 6.28. The van der Waals surface area contributed by atoms with Crippen LogP contribution in [0, 0.1) is 11.3 Å². The van der Waals surface area contributed by atoms with Crippen molar-refractivity contribution in [1.82, 2.24) is 4.98 Å². The molecule has 0 unspecified atom stereocenters. The number of hydrogen-bond acceptors (Lipinski definition) is 4. The number of nitrogens with one attached hydrogen (secondary N) is 1. The van der Waals surface area contributed by atoms with Gasteiger partial charge < -0.3 is 5.32 Å². The molecule has 0 fully saturated rings. The largest absolute Gasteiger partial charge is 0.345 e. The molecule has 1 N–H and O–H groups in total. The molecule has 0 atom stereocenters. The lowest BCUT2D eigenvalue weighted by atomic mass is 10.1. The average molecular weight is 158 g/mol. The van der Waals surface area contributed by atoms with Crippen LogP contribution in [0.1, 0.15) is 11.1 Å². The van der Waals surface area contributed by atoms with Gasteiger partial charge in [-0.3, -0.25) is 9.98 Å². The molecule has 1 aromatic rings. The number of rotatable bonds is 0. The number of nitriles is 1. The minimum absolute atomic E-state index is 0.568. The van der Waals surface area contributed by atoms with Crippen molar-refractivity contribution in [2.24, 2.45) is 4.99 Å². The number of aliphatic imine (C=N–C) groups is 1. The summed E-state index contributed by atoms with van der Waals surface area (Å²) in [5, 5.41) is 11.6. The average Bonchev–Trinajstić information content (AvgIpc) is 2.17.